The third kappa shape index (κ3) is 6.23. The van der Waals surface area contributed by atoms with Gasteiger partial charge in [0.05, 0.1) is 6.61 Å². The summed E-state index contributed by atoms with van der Waals surface area (Å²) in [6.45, 7) is 1.64. The molecule has 1 atom stereocenters. The van der Waals surface area contributed by atoms with Crippen LogP contribution in [0.25, 0.3) is 6.08 Å². The van der Waals surface area contributed by atoms with Crippen LogP contribution in [0.15, 0.2) is 30.3 Å². The van der Waals surface area contributed by atoms with Crippen LogP contribution in [0, 0.1) is 0 Å². The van der Waals surface area contributed by atoms with Gasteiger partial charge >= 0.3 is 0 Å². The molecule has 21 heavy (non-hydrogen) atoms. The van der Waals surface area contributed by atoms with Crippen molar-refractivity contribution >= 4 is 17.9 Å². The van der Waals surface area contributed by atoms with Crippen molar-refractivity contribution in [3.8, 4) is 0 Å². The first-order valence-electron chi connectivity index (χ1n) is 6.95. The van der Waals surface area contributed by atoms with Gasteiger partial charge < -0.3 is 15.7 Å². The van der Waals surface area contributed by atoms with Gasteiger partial charge in [-0.3, -0.25) is 9.59 Å². The molecule has 0 saturated heterocycles. The van der Waals surface area contributed by atoms with E-state index in [1.807, 2.05) is 18.2 Å². The minimum absolute atomic E-state index is 0.00534. The van der Waals surface area contributed by atoms with E-state index >= 15 is 0 Å². The lowest BCUT2D eigenvalue weighted by Crippen LogP contribution is -2.34. The van der Waals surface area contributed by atoms with Gasteiger partial charge in [0.15, 0.2) is 0 Å². The normalized spacial score (nSPS) is 12.1. The smallest absolute Gasteiger partial charge is 0.251 e. The minimum Gasteiger partial charge on any atom is -0.394 e. The largest absolute Gasteiger partial charge is 0.394 e. The van der Waals surface area contributed by atoms with Crippen LogP contribution in [0.5, 0.6) is 0 Å². The van der Waals surface area contributed by atoms with Crippen molar-refractivity contribution in [1.29, 1.82) is 0 Å². The number of allylic oxidation sites excluding steroid dienone is 1. The number of nitrogens with one attached hydrogen (secondary N) is 2. The summed E-state index contributed by atoms with van der Waals surface area (Å²) in [5.41, 5.74) is 1.44. The van der Waals surface area contributed by atoms with Crippen molar-refractivity contribution in [2.24, 2.45) is 0 Å². The molecule has 1 aromatic carbocycles. The molecule has 0 aliphatic heterocycles. The molecule has 1 rings (SSSR count). The summed E-state index contributed by atoms with van der Waals surface area (Å²) in [5.74, 6) is -0.206. The molecule has 1 aromatic rings. The monoisotopic (exact) mass is 290 g/mol. The number of aliphatic hydroxyl groups excluding tert-OH is 1. The first-order chi connectivity index (χ1) is 10.1. The second-order valence-corrected chi connectivity index (χ2v) is 4.80. The highest BCUT2D eigenvalue weighted by Gasteiger charge is 2.08. The third-order valence-electron chi connectivity index (χ3n) is 2.93. The fourth-order valence-electron chi connectivity index (χ4n) is 1.70. The quantitative estimate of drug-likeness (QED) is 0.709. The minimum atomic E-state index is -0.274. The number of hydrogen-bond acceptors (Lipinski definition) is 3. The van der Waals surface area contributed by atoms with Crippen LogP contribution in [0.4, 0.5) is 0 Å². The molecule has 0 radical (unpaired) electrons. The number of rotatable bonds is 7. The van der Waals surface area contributed by atoms with Crippen LogP contribution in [0.3, 0.4) is 0 Å². The van der Waals surface area contributed by atoms with Gasteiger partial charge in [-0.05, 0) is 31.0 Å². The van der Waals surface area contributed by atoms with Crippen LogP contribution < -0.4 is 10.6 Å². The van der Waals surface area contributed by atoms with Gasteiger partial charge in [0.25, 0.3) is 5.91 Å². The third-order valence-corrected chi connectivity index (χ3v) is 2.93. The molecule has 0 bridgehead atoms. The van der Waals surface area contributed by atoms with E-state index in [0.29, 0.717) is 18.4 Å². The Morgan fingerprint density at radius 3 is 2.81 bits per heavy atom. The van der Waals surface area contributed by atoms with Crippen LogP contribution in [-0.4, -0.2) is 36.6 Å². The van der Waals surface area contributed by atoms with Crippen molar-refractivity contribution in [3.05, 3.63) is 41.5 Å². The molecule has 5 heteroatoms. The maximum atomic E-state index is 11.9. The Balaban J connectivity index is 2.61. The average Bonchev–Trinajstić information content (AvgIpc) is 2.51. The lowest BCUT2D eigenvalue weighted by atomic mass is 10.1. The van der Waals surface area contributed by atoms with Gasteiger partial charge in [0, 0.05) is 25.1 Å². The first-order valence-corrected chi connectivity index (χ1v) is 6.95. The predicted octanol–water partition coefficient (Wildman–Crippen LogP) is 1.34. The Kier molecular flexibility index (Phi) is 7.18. The summed E-state index contributed by atoms with van der Waals surface area (Å²) >= 11 is 0. The maximum Gasteiger partial charge on any atom is 0.251 e. The Morgan fingerprint density at radius 1 is 1.38 bits per heavy atom. The summed E-state index contributed by atoms with van der Waals surface area (Å²) < 4.78 is 0. The number of carbonyl (C=O) groups is 2. The average molecular weight is 290 g/mol. The highest BCUT2D eigenvalue weighted by molar-refractivity contribution is 5.94. The molecule has 3 N–H and O–H groups in total. The SMILES string of the molecule is CNC(=O)CCC=Cc1cccc(C(=O)NC(C)CO)c1. The van der Waals surface area contributed by atoms with E-state index in [4.69, 9.17) is 5.11 Å². The van der Waals surface area contributed by atoms with Gasteiger partial charge in [0.2, 0.25) is 5.91 Å². The topological polar surface area (TPSA) is 78.4 Å². The zero-order chi connectivity index (χ0) is 15.7. The van der Waals surface area contributed by atoms with Crippen molar-refractivity contribution in [2.75, 3.05) is 13.7 Å². The van der Waals surface area contributed by atoms with Gasteiger partial charge in [-0.15, -0.1) is 0 Å². The molecule has 0 fully saturated rings. The zero-order valence-electron chi connectivity index (χ0n) is 12.4. The van der Waals surface area contributed by atoms with E-state index in [1.165, 1.54) is 0 Å². The van der Waals surface area contributed by atoms with Crippen molar-refractivity contribution < 1.29 is 14.7 Å². The molecule has 0 heterocycles. The second kappa shape index (κ2) is 8.92. The van der Waals surface area contributed by atoms with E-state index in [0.717, 1.165) is 5.56 Å². The summed E-state index contributed by atoms with van der Waals surface area (Å²) in [5, 5.41) is 14.2. The van der Waals surface area contributed by atoms with Gasteiger partial charge in [-0.1, -0.05) is 24.3 Å². The first kappa shape index (κ1) is 16.9. The Bertz CT molecular complexity index is 512. The number of aliphatic hydroxyl groups is 1. The predicted molar refractivity (Wildman–Crippen MR) is 82.8 cm³/mol. The highest BCUT2D eigenvalue weighted by atomic mass is 16.3. The van der Waals surface area contributed by atoms with Crippen molar-refractivity contribution in [1.82, 2.24) is 10.6 Å². The lowest BCUT2D eigenvalue weighted by molar-refractivity contribution is -0.120. The summed E-state index contributed by atoms with van der Waals surface area (Å²) in [4.78, 5) is 23.0. The van der Waals surface area contributed by atoms with Crippen LogP contribution in [0.1, 0.15) is 35.7 Å². The van der Waals surface area contributed by atoms with Gasteiger partial charge in [0.1, 0.15) is 0 Å². The lowest BCUT2D eigenvalue weighted by Gasteiger charge is -2.10. The summed E-state index contributed by atoms with van der Waals surface area (Å²) in [6.07, 6.45) is 4.89. The highest BCUT2D eigenvalue weighted by Crippen LogP contribution is 2.08. The van der Waals surface area contributed by atoms with E-state index in [1.54, 1.807) is 32.2 Å². The number of benzene rings is 1. The molecule has 0 spiro atoms. The maximum absolute atomic E-state index is 11.9. The molecule has 0 aliphatic carbocycles. The van der Waals surface area contributed by atoms with Crippen molar-refractivity contribution in [2.45, 2.75) is 25.8 Å². The van der Waals surface area contributed by atoms with Crippen molar-refractivity contribution in [3.63, 3.8) is 0 Å². The van der Waals surface area contributed by atoms with E-state index in [9.17, 15) is 9.59 Å². The number of amides is 2. The summed E-state index contributed by atoms with van der Waals surface area (Å²) in [6, 6.07) is 6.92. The van der Waals surface area contributed by atoms with E-state index < -0.39 is 0 Å². The Morgan fingerprint density at radius 2 is 2.14 bits per heavy atom. The van der Waals surface area contributed by atoms with Crippen LogP contribution >= 0.6 is 0 Å². The molecule has 0 saturated carbocycles. The molecule has 2 amide bonds. The Labute approximate surface area is 125 Å². The molecule has 114 valence electrons. The molecular formula is C16H22N2O3. The fraction of sp³-hybridized carbons (Fsp3) is 0.375. The standard InChI is InChI=1S/C16H22N2O3/c1-12(11-19)18-16(21)14-8-5-7-13(10-14)6-3-4-9-15(20)17-2/h3,5-8,10,12,19H,4,9,11H2,1-2H3,(H,17,20)(H,18,21). The molecular weight excluding hydrogens is 268 g/mol. The van der Waals surface area contributed by atoms with E-state index in [2.05, 4.69) is 10.6 Å². The number of carbonyl (C=O) groups excluding carboxylic acids is 2. The zero-order valence-corrected chi connectivity index (χ0v) is 12.4. The Hall–Kier alpha value is -2.14. The second-order valence-electron chi connectivity index (χ2n) is 4.80. The van der Waals surface area contributed by atoms with Gasteiger partial charge in [-0.25, -0.2) is 0 Å². The fourth-order valence-corrected chi connectivity index (χ4v) is 1.70. The molecule has 5 nitrogen and oxygen atoms in total. The number of hydrogen-bond donors (Lipinski definition) is 3. The molecule has 1 unspecified atom stereocenters. The van der Waals surface area contributed by atoms with E-state index in [-0.39, 0.29) is 24.5 Å². The molecule has 0 aromatic heterocycles. The van der Waals surface area contributed by atoms with Crippen LogP contribution in [0.2, 0.25) is 0 Å². The molecule has 0 aliphatic rings. The van der Waals surface area contributed by atoms with Crippen LogP contribution in [-0.2, 0) is 4.79 Å². The summed E-state index contributed by atoms with van der Waals surface area (Å²) in [7, 11) is 1.61. The van der Waals surface area contributed by atoms with Gasteiger partial charge in [-0.2, -0.15) is 0 Å².